The third kappa shape index (κ3) is 47.7. The second-order valence-corrected chi connectivity index (χ2v) is 1.17. The van der Waals surface area contributed by atoms with E-state index in [1.165, 1.54) is 7.05 Å². The van der Waals surface area contributed by atoms with Crippen LogP contribution in [0.25, 0.3) is 0 Å². The highest BCUT2D eigenvalue weighted by Crippen LogP contribution is 1.78. The number of aldehydes is 1. The van der Waals surface area contributed by atoms with E-state index >= 15 is 0 Å². The molecule has 0 aliphatic heterocycles. The van der Waals surface area contributed by atoms with Crippen LogP contribution in [-0.4, -0.2) is 19.2 Å². The van der Waals surface area contributed by atoms with Crippen molar-refractivity contribution < 1.29 is 9.59 Å². The average molecular weight is 162 g/mol. The van der Waals surface area contributed by atoms with E-state index in [-0.39, 0.29) is 12.8 Å². The lowest BCUT2D eigenvalue weighted by Gasteiger charge is -1.81. The van der Waals surface area contributed by atoms with Gasteiger partial charge in [-0.25, -0.2) is 0 Å². The molecule has 0 aromatic heterocycles. The predicted molar refractivity (Wildman–Crippen MR) is 46.0 cm³/mol. The maximum Gasteiger partial charge on any atom is 0.217 e. The van der Waals surface area contributed by atoms with Crippen LogP contribution < -0.4 is 11.5 Å². The molecule has 0 saturated carbocycles. The molecule has 0 saturated heterocycles. The van der Waals surface area contributed by atoms with E-state index in [2.05, 4.69) is 11.5 Å². The maximum absolute atomic E-state index is 9.82. The zero-order valence-corrected chi connectivity index (χ0v) is 7.46. The molecule has 0 aliphatic carbocycles. The lowest BCUT2D eigenvalue weighted by molar-refractivity contribution is -0.119. The number of primary amides is 1. The fourth-order valence-corrected chi connectivity index (χ4v) is 0.201. The molecule has 1 amide bonds. The molecule has 4 N–H and O–H groups in total. The number of nitrogens with two attached hydrogens (primary N) is 2. The molecule has 68 valence electrons. The van der Waals surface area contributed by atoms with Crippen molar-refractivity contribution in [2.75, 3.05) is 7.05 Å². The molecule has 0 fully saturated rings. The number of amides is 1. The largest absolute Gasteiger partial charge is 0.370 e. The van der Waals surface area contributed by atoms with Crippen molar-refractivity contribution in [1.29, 1.82) is 0 Å². The molecule has 0 radical (unpaired) electrons. The zero-order valence-electron chi connectivity index (χ0n) is 7.46. The first-order valence-electron chi connectivity index (χ1n) is 3.57. The van der Waals surface area contributed by atoms with Crippen LogP contribution in [0.3, 0.4) is 0 Å². The molecule has 0 aliphatic rings. The van der Waals surface area contributed by atoms with Gasteiger partial charge in [-0.15, -0.1) is 0 Å². The van der Waals surface area contributed by atoms with Gasteiger partial charge in [-0.3, -0.25) is 4.79 Å². The van der Waals surface area contributed by atoms with Crippen LogP contribution in [0.15, 0.2) is 0 Å². The second-order valence-electron chi connectivity index (χ2n) is 1.17. The van der Waals surface area contributed by atoms with E-state index < -0.39 is 5.91 Å². The highest BCUT2D eigenvalue weighted by molar-refractivity contribution is 5.76. The van der Waals surface area contributed by atoms with Gasteiger partial charge in [0.25, 0.3) is 0 Å². The van der Waals surface area contributed by atoms with Gasteiger partial charge in [0.05, 0.1) is 0 Å². The predicted octanol–water partition coefficient (Wildman–Crippen LogP) is 0.0519. The summed E-state index contributed by atoms with van der Waals surface area (Å²) in [6.45, 7) is 4.00. The van der Waals surface area contributed by atoms with Gasteiger partial charge in [0.15, 0.2) is 0 Å². The van der Waals surface area contributed by atoms with Crippen molar-refractivity contribution in [2.45, 2.75) is 26.7 Å². The van der Waals surface area contributed by atoms with Gasteiger partial charge in [0, 0.05) is 12.8 Å². The van der Waals surface area contributed by atoms with Crippen LogP contribution >= 0.6 is 0 Å². The van der Waals surface area contributed by atoms with Gasteiger partial charge in [-0.05, 0) is 7.05 Å². The van der Waals surface area contributed by atoms with E-state index in [0.717, 1.165) is 0 Å². The third-order valence-corrected chi connectivity index (χ3v) is 0.509. The minimum absolute atomic E-state index is 0.170. The van der Waals surface area contributed by atoms with Crippen LogP contribution in [0, 0.1) is 0 Å². The Morgan fingerprint density at radius 1 is 1.36 bits per heavy atom. The summed E-state index contributed by atoms with van der Waals surface area (Å²) in [7, 11) is 1.50. The van der Waals surface area contributed by atoms with Crippen molar-refractivity contribution in [3.8, 4) is 0 Å². The first-order chi connectivity index (χ1) is 5.27. The van der Waals surface area contributed by atoms with Gasteiger partial charge in [0.2, 0.25) is 5.91 Å². The molecule has 0 atom stereocenters. The van der Waals surface area contributed by atoms with Gasteiger partial charge < -0.3 is 16.3 Å². The summed E-state index contributed by atoms with van der Waals surface area (Å²) in [6.07, 6.45) is 1.09. The molecule has 0 bridgehead atoms. The fourth-order valence-electron chi connectivity index (χ4n) is 0.201. The molecule has 4 nitrogen and oxygen atoms in total. The third-order valence-electron chi connectivity index (χ3n) is 0.509. The van der Waals surface area contributed by atoms with Crippen LogP contribution in [0.1, 0.15) is 26.7 Å². The van der Waals surface area contributed by atoms with Crippen LogP contribution in [0.5, 0.6) is 0 Å². The number of hydrogen-bond donors (Lipinski definition) is 2. The summed E-state index contributed by atoms with van der Waals surface area (Å²) in [5, 5.41) is 0. The van der Waals surface area contributed by atoms with Crippen LogP contribution in [0.4, 0.5) is 0 Å². The average Bonchev–Trinajstić information content (AvgIpc) is 2.08. The summed E-state index contributed by atoms with van der Waals surface area (Å²) in [4.78, 5) is 19.3. The smallest absolute Gasteiger partial charge is 0.217 e. The highest BCUT2D eigenvalue weighted by atomic mass is 16.1. The first-order valence-corrected chi connectivity index (χ1v) is 3.57. The van der Waals surface area contributed by atoms with Crippen LogP contribution in [-0.2, 0) is 9.59 Å². The topological polar surface area (TPSA) is 86.2 Å². The van der Waals surface area contributed by atoms with Crippen molar-refractivity contribution >= 4 is 12.2 Å². The Bertz CT molecular complexity index is 84.5. The Kier molecular flexibility index (Phi) is 34.6. The zero-order chi connectivity index (χ0) is 9.70. The van der Waals surface area contributed by atoms with Crippen molar-refractivity contribution in [3.63, 3.8) is 0 Å². The normalized spacial score (nSPS) is 6.18. The van der Waals surface area contributed by atoms with E-state index in [4.69, 9.17) is 0 Å². The monoisotopic (exact) mass is 162 g/mol. The summed E-state index contributed by atoms with van der Waals surface area (Å²) in [5.41, 5.74) is 9.18. The first kappa shape index (κ1) is 16.6. The summed E-state index contributed by atoms with van der Waals surface area (Å²) in [6, 6.07) is 0. The Morgan fingerprint density at radius 3 is 1.82 bits per heavy atom. The Morgan fingerprint density at radius 2 is 1.73 bits per heavy atom. The fraction of sp³-hybridized carbons (Fsp3) is 0.714. The number of hydrogen-bond acceptors (Lipinski definition) is 3. The van der Waals surface area contributed by atoms with Crippen LogP contribution in [0.2, 0.25) is 0 Å². The lowest BCUT2D eigenvalue weighted by atomic mass is 10.3. The number of carbonyl (C=O) groups is 2. The Hall–Kier alpha value is -0.900. The molecule has 0 rings (SSSR count). The van der Waals surface area contributed by atoms with E-state index in [1.807, 2.05) is 13.8 Å². The Balaban J connectivity index is -0.000000138. The lowest BCUT2D eigenvalue weighted by Crippen LogP contribution is -2.09. The molecular weight excluding hydrogens is 144 g/mol. The minimum Gasteiger partial charge on any atom is -0.370 e. The minimum atomic E-state index is -0.424. The molecule has 0 spiro atoms. The quantitative estimate of drug-likeness (QED) is 0.575. The summed E-state index contributed by atoms with van der Waals surface area (Å²) in [5.74, 6) is -0.424. The van der Waals surface area contributed by atoms with Gasteiger partial charge in [0.1, 0.15) is 6.29 Å². The number of rotatable bonds is 3. The maximum atomic E-state index is 9.82. The molecule has 0 heterocycles. The SMILES string of the molecule is CC.CN.NC(=O)CCC=O. The molecule has 0 aromatic rings. The van der Waals surface area contributed by atoms with E-state index in [0.29, 0.717) is 6.29 Å². The summed E-state index contributed by atoms with van der Waals surface area (Å²) < 4.78 is 0. The van der Waals surface area contributed by atoms with E-state index in [9.17, 15) is 9.59 Å². The van der Waals surface area contributed by atoms with E-state index in [1.54, 1.807) is 0 Å². The van der Waals surface area contributed by atoms with Crippen molar-refractivity contribution in [3.05, 3.63) is 0 Å². The highest BCUT2D eigenvalue weighted by Gasteiger charge is 1.88. The molecule has 0 aromatic carbocycles. The summed E-state index contributed by atoms with van der Waals surface area (Å²) >= 11 is 0. The van der Waals surface area contributed by atoms with Gasteiger partial charge in [-0.1, -0.05) is 13.8 Å². The molecule has 4 heteroatoms. The van der Waals surface area contributed by atoms with Gasteiger partial charge >= 0.3 is 0 Å². The van der Waals surface area contributed by atoms with Gasteiger partial charge in [-0.2, -0.15) is 0 Å². The second kappa shape index (κ2) is 23.0. The molecule has 11 heavy (non-hydrogen) atoms. The molecule has 0 unspecified atom stereocenters. The Labute approximate surface area is 67.9 Å². The van der Waals surface area contributed by atoms with Crippen molar-refractivity contribution in [2.24, 2.45) is 11.5 Å². The van der Waals surface area contributed by atoms with Crippen molar-refractivity contribution in [1.82, 2.24) is 0 Å². The standard InChI is InChI=1S/C4H7NO2.C2H6.CH5N/c5-4(7)2-1-3-6;2*1-2/h3H,1-2H2,(H2,5,7);1-2H3;2H2,1H3. The number of carbonyl (C=O) groups excluding carboxylic acids is 2. The molecular formula is C7H18N2O2.